The molecule has 0 aromatic heterocycles. The number of aliphatic carboxylic acids is 1. The standard InChI is InChI=1S/C29H42O9/c1-16(2)22-6-5-18(12-30)9-19(22)10-20(13-31)27(34)38-15-29(36)8-7-23(17(3)4)24-11-21(26(32)33)14-37-28(35)25(24)29/h9-11,16-17,19,22-25,30-31,36H,5-8,12-15H2,1-4H3,(H,32,33)/b20-10+/t19-,22+,23-,24-,25+,29-/m0/s1. The highest BCUT2D eigenvalue weighted by Crippen LogP contribution is 2.47. The first-order chi connectivity index (χ1) is 17.9. The maximum atomic E-state index is 13.0. The van der Waals surface area contributed by atoms with E-state index in [1.165, 1.54) is 6.08 Å². The molecule has 1 aliphatic heterocycles. The van der Waals surface area contributed by atoms with Gasteiger partial charge in [0.15, 0.2) is 0 Å². The fraction of sp³-hybridized carbons (Fsp3) is 0.690. The van der Waals surface area contributed by atoms with Gasteiger partial charge in [0.2, 0.25) is 0 Å². The minimum absolute atomic E-state index is 0.0364. The van der Waals surface area contributed by atoms with Gasteiger partial charge in [-0.2, -0.15) is 0 Å². The molecule has 0 bridgehead atoms. The van der Waals surface area contributed by atoms with Crippen LogP contribution in [0.4, 0.5) is 0 Å². The minimum Gasteiger partial charge on any atom is -0.478 e. The lowest BCUT2D eigenvalue weighted by Crippen LogP contribution is -2.55. The van der Waals surface area contributed by atoms with Crippen molar-refractivity contribution in [2.24, 2.45) is 41.4 Å². The number of aliphatic hydroxyl groups is 3. The quantitative estimate of drug-likeness (QED) is 0.199. The summed E-state index contributed by atoms with van der Waals surface area (Å²) in [5.74, 6) is -3.91. The highest BCUT2D eigenvalue weighted by atomic mass is 16.6. The number of aliphatic hydroxyl groups excluding tert-OH is 2. The van der Waals surface area contributed by atoms with E-state index in [0.29, 0.717) is 12.3 Å². The van der Waals surface area contributed by atoms with Crippen molar-refractivity contribution >= 4 is 17.9 Å². The van der Waals surface area contributed by atoms with E-state index < -0.39 is 48.6 Å². The smallest absolute Gasteiger partial charge is 0.336 e. The van der Waals surface area contributed by atoms with Crippen LogP contribution in [0.5, 0.6) is 0 Å². The van der Waals surface area contributed by atoms with Crippen molar-refractivity contribution in [2.75, 3.05) is 26.4 Å². The van der Waals surface area contributed by atoms with Crippen LogP contribution in [0.2, 0.25) is 0 Å². The molecular formula is C29H42O9. The molecule has 9 nitrogen and oxygen atoms in total. The first-order valence-corrected chi connectivity index (χ1v) is 13.5. The highest BCUT2D eigenvalue weighted by Gasteiger charge is 2.54. The van der Waals surface area contributed by atoms with Crippen LogP contribution in [0, 0.1) is 41.4 Å². The molecule has 38 heavy (non-hydrogen) atoms. The first-order valence-electron chi connectivity index (χ1n) is 13.5. The lowest BCUT2D eigenvalue weighted by molar-refractivity contribution is -0.181. The van der Waals surface area contributed by atoms with Crippen molar-refractivity contribution in [1.82, 2.24) is 0 Å². The summed E-state index contributed by atoms with van der Waals surface area (Å²) in [6.07, 6.45) is 7.46. The minimum atomic E-state index is -1.75. The van der Waals surface area contributed by atoms with E-state index >= 15 is 0 Å². The van der Waals surface area contributed by atoms with Gasteiger partial charge in [-0.05, 0) is 66.8 Å². The van der Waals surface area contributed by atoms with Gasteiger partial charge in [-0.3, -0.25) is 4.79 Å². The molecule has 3 aliphatic rings. The molecule has 0 amide bonds. The number of hydrogen-bond donors (Lipinski definition) is 4. The molecule has 1 heterocycles. The molecule has 1 saturated carbocycles. The Balaban J connectivity index is 1.84. The predicted molar refractivity (Wildman–Crippen MR) is 139 cm³/mol. The summed E-state index contributed by atoms with van der Waals surface area (Å²) in [5.41, 5.74) is -0.852. The van der Waals surface area contributed by atoms with Crippen LogP contribution in [0.3, 0.4) is 0 Å². The van der Waals surface area contributed by atoms with E-state index in [0.717, 1.165) is 18.4 Å². The Labute approximate surface area is 224 Å². The molecule has 3 rings (SSSR count). The second-order valence-electron chi connectivity index (χ2n) is 11.6. The van der Waals surface area contributed by atoms with Gasteiger partial charge in [-0.25, -0.2) is 9.59 Å². The van der Waals surface area contributed by atoms with Crippen molar-refractivity contribution in [3.8, 4) is 0 Å². The number of esters is 2. The molecule has 1 fully saturated rings. The van der Waals surface area contributed by atoms with Crippen LogP contribution in [-0.4, -0.2) is 70.4 Å². The van der Waals surface area contributed by atoms with Gasteiger partial charge in [-0.1, -0.05) is 45.9 Å². The van der Waals surface area contributed by atoms with Crippen LogP contribution in [0.25, 0.3) is 0 Å². The largest absolute Gasteiger partial charge is 0.478 e. The summed E-state index contributed by atoms with van der Waals surface area (Å²) < 4.78 is 10.7. The van der Waals surface area contributed by atoms with Crippen molar-refractivity contribution in [1.29, 1.82) is 0 Å². The molecule has 2 aliphatic carbocycles. The van der Waals surface area contributed by atoms with Crippen molar-refractivity contribution in [3.63, 3.8) is 0 Å². The van der Waals surface area contributed by atoms with Gasteiger partial charge in [0.05, 0.1) is 30.3 Å². The Hall–Kier alpha value is -2.49. The number of carboxylic acid groups (broad SMARTS) is 1. The average Bonchev–Trinajstić information content (AvgIpc) is 3.05. The van der Waals surface area contributed by atoms with E-state index in [4.69, 9.17) is 9.47 Å². The molecule has 6 atom stereocenters. The van der Waals surface area contributed by atoms with Crippen LogP contribution in [-0.2, 0) is 23.9 Å². The Morgan fingerprint density at radius 1 is 1.13 bits per heavy atom. The lowest BCUT2D eigenvalue weighted by Gasteiger charge is -2.46. The Kier molecular flexibility index (Phi) is 9.95. The SMILES string of the molecule is CC(C)[C@H]1CCC(CO)=C[C@H]1/C=C(\CO)C(=O)OC[C@@]1(O)CC[C@@H](C(C)C)[C@@H]2C=C(C(=O)O)COC(=O)[C@@H]21. The second-order valence-corrected chi connectivity index (χ2v) is 11.6. The number of cyclic esters (lactones) is 1. The molecule has 0 spiro atoms. The highest BCUT2D eigenvalue weighted by molar-refractivity contribution is 5.89. The topological polar surface area (TPSA) is 151 Å². The second kappa shape index (κ2) is 12.6. The number of carbonyl (C=O) groups excluding carboxylic acids is 2. The van der Waals surface area contributed by atoms with Gasteiger partial charge >= 0.3 is 17.9 Å². The molecular weight excluding hydrogens is 492 g/mol. The van der Waals surface area contributed by atoms with E-state index in [2.05, 4.69) is 13.8 Å². The summed E-state index contributed by atoms with van der Waals surface area (Å²) in [5, 5.41) is 40.7. The summed E-state index contributed by atoms with van der Waals surface area (Å²) >= 11 is 0. The number of ether oxygens (including phenoxy) is 2. The van der Waals surface area contributed by atoms with E-state index in [1.54, 1.807) is 6.08 Å². The van der Waals surface area contributed by atoms with Gasteiger partial charge in [0.1, 0.15) is 18.8 Å². The summed E-state index contributed by atoms with van der Waals surface area (Å²) in [7, 11) is 0. The zero-order chi connectivity index (χ0) is 28.2. The Bertz CT molecular complexity index is 992. The van der Waals surface area contributed by atoms with Gasteiger partial charge < -0.3 is 29.9 Å². The number of hydrogen-bond acceptors (Lipinski definition) is 8. The third-order valence-electron chi connectivity index (χ3n) is 8.58. The van der Waals surface area contributed by atoms with E-state index in [-0.39, 0.29) is 54.5 Å². The maximum absolute atomic E-state index is 13.0. The summed E-state index contributed by atoms with van der Waals surface area (Å²) in [4.78, 5) is 37.8. The zero-order valence-corrected chi connectivity index (χ0v) is 22.8. The van der Waals surface area contributed by atoms with Gasteiger partial charge in [0.25, 0.3) is 0 Å². The Morgan fingerprint density at radius 3 is 2.39 bits per heavy atom. The van der Waals surface area contributed by atoms with Crippen LogP contribution >= 0.6 is 0 Å². The zero-order valence-electron chi connectivity index (χ0n) is 22.8. The van der Waals surface area contributed by atoms with Crippen LogP contribution in [0.1, 0.15) is 53.4 Å². The maximum Gasteiger partial charge on any atom is 0.336 e. The Morgan fingerprint density at radius 2 is 1.82 bits per heavy atom. The molecule has 0 radical (unpaired) electrons. The number of carbonyl (C=O) groups is 3. The molecule has 0 aromatic rings. The predicted octanol–water partition coefficient (Wildman–Crippen LogP) is 2.65. The molecule has 0 unspecified atom stereocenters. The van der Waals surface area contributed by atoms with Gasteiger partial charge in [-0.15, -0.1) is 0 Å². The third kappa shape index (κ3) is 6.55. The van der Waals surface area contributed by atoms with Gasteiger partial charge in [0, 0.05) is 0 Å². The van der Waals surface area contributed by atoms with Crippen LogP contribution in [0.15, 0.2) is 34.9 Å². The lowest BCUT2D eigenvalue weighted by atomic mass is 9.61. The monoisotopic (exact) mass is 534 g/mol. The number of allylic oxidation sites excluding steroid dienone is 3. The number of carboxylic acids is 1. The summed E-state index contributed by atoms with van der Waals surface area (Å²) in [6.45, 7) is 6.66. The van der Waals surface area contributed by atoms with E-state index in [9.17, 15) is 34.8 Å². The molecule has 0 saturated heterocycles. The fourth-order valence-electron chi connectivity index (χ4n) is 6.36. The first kappa shape index (κ1) is 30.1. The van der Waals surface area contributed by atoms with Crippen molar-refractivity contribution in [2.45, 2.75) is 59.0 Å². The van der Waals surface area contributed by atoms with E-state index in [1.807, 2.05) is 19.9 Å². The van der Waals surface area contributed by atoms with Crippen molar-refractivity contribution < 1.29 is 44.3 Å². The van der Waals surface area contributed by atoms with Crippen molar-refractivity contribution in [3.05, 3.63) is 34.9 Å². The normalized spacial score (nSPS) is 32.2. The average molecular weight is 535 g/mol. The number of rotatable bonds is 9. The fourth-order valence-corrected chi connectivity index (χ4v) is 6.36. The third-order valence-corrected chi connectivity index (χ3v) is 8.58. The molecule has 212 valence electrons. The molecule has 4 N–H and O–H groups in total. The number of fused-ring (bicyclic) bond motifs is 1. The van der Waals surface area contributed by atoms with Crippen LogP contribution < -0.4 is 0 Å². The molecule has 0 aromatic carbocycles. The summed E-state index contributed by atoms with van der Waals surface area (Å²) in [6, 6.07) is 0. The molecule has 9 heteroatoms.